The first kappa shape index (κ1) is 10.5. The molecule has 0 radical (unpaired) electrons. The molecular formula is C11H15N3. The molecule has 0 bridgehead atoms. The van der Waals surface area contributed by atoms with Crippen molar-refractivity contribution in [2.24, 2.45) is 0 Å². The van der Waals surface area contributed by atoms with Gasteiger partial charge in [-0.05, 0) is 25.5 Å². The Bertz CT molecular complexity index is 328. The number of hydrogen-bond acceptors (Lipinski definition) is 3. The second-order valence-corrected chi connectivity index (χ2v) is 3.35. The van der Waals surface area contributed by atoms with Crippen molar-refractivity contribution in [1.29, 1.82) is 5.26 Å². The van der Waals surface area contributed by atoms with Gasteiger partial charge in [0.25, 0.3) is 0 Å². The molecule has 0 aliphatic heterocycles. The molecule has 74 valence electrons. The second kappa shape index (κ2) is 5.23. The molecule has 1 aromatic rings. The van der Waals surface area contributed by atoms with Gasteiger partial charge >= 0.3 is 0 Å². The Kier molecular flexibility index (Phi) is 3.93. The average Bonchev–Trinajstić information content (AvgIpc) is 2.18. The number of rotatable bonds is 4. The van der Waals surface area contributed by atoms with Crippen LogP contribution in [0, 0.1) is 11.3 Å². The maximum absolute atomic E-state index is 8.66. The normalized spacial score (nSPS) is 11.8. The third kappa shape index (κ3) is 3.06. The summed E-state index contributed by atoms with van der Waals surface area (Å²) in [4.78, 5) is 4.14. The van der Waals surface area contributed by atoms with E-state index in [4.69, 9.17) is 5.26 Å². The molecule has 1 heterocycles. The van der Waals surface area contributed by atoms with Crippen molar-refractivity contribution in [3.63, 3.8) is 0 Å². The minimum atomic E-state index is 0.404. The predicted molar refractivity (Wildman–Crippen MR) is 56.9 cm³/mol. The molecule has 1 aromatic heterocycles. The maximum Gasteiger partial charge on any atom is 0.142 e. The summed E-state index contributed by atoms with van der Waals surface area (Å²) in [7, 11) is 0. The van der Waals surface area contributed by atoms with E-state index >= 15 is 0 Å². The van der Waals surface area contributed by atoms with Crippen molar-refractivity contribution in [2.75, 3.05) is 5.32 Å². The molecule has 0 aromatic carbocycles. The van der Waals surface area contributed by atoms with E-state index in [1.807, 2.05) is 18.2 Å². The van der Waals surface area contributed by atoms with E-state index < -0.39 is 0 Å². The van der Waals surface area contributed by atoms with Crippen LogP contribution in [0.1, 0.15) is 32.4 Å². The topological polar surface area (TPSA) is 48.7 Å². The molecule has 0 aliphatic carbocycles. The molecule has 0 spiro atoms. The van der Waals surface area contributed by atoms with Crippen molar-refractivity contribution >= 4 is 5.82 Å². The fourth-order valence-corrected chi connectivity index (χ4v) is 1.33. The number of hydrogen-bond donors (Lipinski definition) is 1. The highest BCUT2D eigenvalue weighted by Gasteiger charge is 2.01. The lowest BCUT2D eigenvalue weighted by Gasteiger charge is -2.12. The number of aromatic nitrogens is 1. The fraction of sp³-hybridized carbons (Fsp3) is 0.455. The van der Waals surface area contributed by atoms with Gasteiger partial charge in [0.2, 0.25) is 0 Å². The first-order valence-electron chi connectivity index (χ1n) is 4.90. The van der Waals surface area contributed by atoms with Gasteiger partial charge in [-0.2, -0.15) is 5.26 Å². The first-order valence-corrected chi connectivity index (χ1v) is 4.90. The number of anilines is 1. The smallest absolute Gasteiger partial charge is 0.142 e. The van der Waals surface area contributed by atoms with E-state index in [0.717, 1.165) is 18.7 Å². The molecule has 0 fully saturated rings. The van der Waals surface area contributed by atoms with E-state index in [-0.39, 0.29) is 0 Å². The maximum atomic E-state index is 8.66. The quantitative estimate of drug-likeness (QED) is 0.791. The zero-order valence-corrected chi connectivity index (χ0v) is 8.62. The number of nitrogens with one attached hydrogen (secondary N) is 1. The van der Waals surface area contributed by atoms with Gasteiger partial charge in [-0.25, -0.2) is 4.98 Å². The number of nitrogens with zero attached hydrogens (tertiary/aromatic N) is 2. The van der Waals surface area contributed by atoms with Gasteiger partial charge in [-0.3, -0.25) is 0 Å². The monoisotopic (exact) mass is 189 g/mol. The van der Waals surface area contributed by atoms with Crippen molar-refractivity contribution < 1.29 is 0 Å². The summed E-state index contributed by atoms with van der Waals surface area (Å²) in [6.45, 7) is 4.27. The largest absolute Gasteiger partial charge is 0.368 e. The zero-order valence-electron chi connectivity index (χ0n) is 8.62. The lowest BCUT2D eigenvalue weighted by atomic mass is 10.2. The SMILES string of the molecule is CCCC(C)Nc1cccc(C#N)n1. The van der Waals surface area contributed by atoms with E-state index in [1.165, 1.54) is 0 Å². The zero-order chi connectivity index (χ0) is 10.4. The summed E-state index contributed by atoms with van der Waals surface area (Å²) in [6, 6.07) is 7.85. The van der Waals surface area contributed by atoms with Gasteiger partial charge in [0.1, 0.15) is 17.6 Å². The van der Waals surface area contributed by atoms with Crippen LogP contribution in [0.15, 0.2) is 18.2 Å². The van der Waals surface area contributed by atoms with E-state index in [2.05, 4.69) is 24.1 Å². The molecule has 0 amide bonds. The summed E-state index contributed by atoms with van der Waals surface area (Å²) in [5, 5.41) is 11.9. The van der Waals surface area contributed by atoms with Gasteiger partial charge in [-0.1, -0.05) is 19.4 Å². The van der Waals surface area contributed by atoms with Gasteiger partial charge in [-0.15, -0.1) is 0 Å². The molecule has 14 heavy (non-hydrogen) atoms. The summed E-state index contributed by atoms with van der Waals surface area (Å²) in [5.41, 5.74) is 0.457. The molecule has 1 rings (SSSR count). The summed E-state index contributed by atoms with van der Waals surface area (Å²) in [5.74, 6) is 0.782. The van der Waals surface area contributed by atoms with E-state index in [9.17, 15) is 0 Å². The highest BCUT2D eigenvalue weighted by Crippen LogP contribution is 2.08. The fourth-order valence-electron chi connectivity index (χ4n) is 1.33. The van der Waals surface area contributed by atoms with Crippen molar-refractivity contribution in [1.82, 2.24) is 4.98 Å². The molecule has 0 saturated carbocycles. The van der Waals surface area contributed by atoms with Crippen LogP contribution in [-0.4, -0.2) is 11.0 Å². The summed E-state index contributed by atoms with van der Waals surface area (Å²) < 4.78 is 0. The molecule has 1 N–H and O–H groups in total. The Morgan fingerprint density at radius 3 is 3.00 bits per heavy atom. The van der Waals surface area contributed by atoms with E-state index in [1.54, 1.807) is 6.07 Å². The summed E-state index contributed by atoms with van der Waals surface area (Å²) >= 11 is 0. The lowest BCUT2D eigenvalue weighted by molar-refractivity contribution is 0.687. The van der Waals surface area contributed by atoms with Crippen LogP contribution in [0.4, 0.5) is 5.82 Å². The Morgan fingerprint density at radius 2 is 2.36 bits per heavy atom. The van der Waals surface area contributed by atoms with Gasteiger partial charge in [0.05, 0.1) is 0 Å². The number of pyridine rings is 1. The molecular weight excluding hydrogens is 174 g/mol. The first-order chi connectivity index (χ1) is 6.76. The van der Waals surface area contributed by atoms with Gasteiger partial charge in [0.15, 0.2) is 0 Å². The minimum Gasteiger partial charge on any atom is -0.368 e. The highest BCUT2D eigenvalue weighted by molar-refractivity contribution is 5.38. The Labute approximate surface area is 84.8 Å². The Balaban J connectivity index is 2.63. The van der Waals surface area contributed by atoms with Crippen LogP contribution in [0.25, 0.3) is 0 Å². The van der Waals surface area contributed by atoms with Crippen molar-refractivity contribution in [3.05, 3.63) is 23.9 Å². The highest BCUT2D eigenvalue weighted by atomic mass is 15.0. The minimum absolute atomic E-state index is 0.404. The third-order valence-electron chi connectivity index (χ3n) is 1.98. The van der Waals surface area contributed by atoms with E-state index in [0.29, 0.717) is 11.7 Å². The van der Waals surface area contributed by atoms with Crippen molar-refractivity contribution in [2.45, 2.75) is 32.7 Å². The second-order valence-electron chi connectivity index (χ2n) is 3.35. The molecule has 3 heteroatoms. The third-order valence-corrected chi connectivity index (χ3v) is 1.98. The van der Waals surface area contributed by atoms with Crippen LogP contribution in [-0.2, 0) is 0 Å². The number of nitriles is 1. The van der Waals surface area contributed by atoms with Crippen LogP contribution in [0.5, 0.6) is 0 Å². The molecule has 0 aliphatic rings. The molecule has 0 saturated heterocycles. The average molecular weight is 189 g/mol. The van der Waals surface area contributed by atoms with Crippen LogP contribution in [0.3, 0.4) is 0 Å². The van der Waals surface area contributed by atoms with Crippen molar-refractivity contribution in [3.8, 4) is 6.07 Å². The van der Waals surface area contributed by atoms with Crippen LogP contribution < -0.4 is 5.32 Å². The Morgan fingerprint density at radius 1 is 1.57 bits per heavy atom. The lowest BCUT2D eigenvalue weighted by Crippen LogP contribution is -2.15. The molecule has 1 unspecified atom stereocenters. The summed E-state index contributed by atoms with van der Waals surface area (Å²) in [6.07, 6.45) is 2.25. The van der Waals surface area contributed by atoms with Gasteiger partial charge < -0.3 is 5.32 Å². The van der Waals surface area contributed by atoms with Crippen LogP contribution in [0.2, 0.25) is 0 Å². The standard InChI is InChI=1S/C11H15N3/c1-3-5-9(2)13-11-7-4-6-10(8-12)14-11/h4,6-7,9H,3,5H2,1-2H3,(H,13,14). The Hall–Kier alpha value is -1.56. The van der Waals surface area contributed by atoms with Gasteiger partial charge in [0, 0.05) is 6.04 Å². The van der Waals surface area contributed by atoms with Crippen LogP contribution >= 0.6 is 0 Å². The molecule has 3 nitrogen and oxygen atoms in total. The predicted octanol–water partition coefficient (Wildman–Crippen LogP) is 2.55. The molecule has 1 atom stereocenters.